The van der Waals surface area contributed by atoms with Gasteiger partial charge in [0.2, 0.25) is 5.91 Å². The first-order chi connectivity index (χ1) is 15.6. The Kier molecular flexibility index (Phi) is 6.03. The van der Waals surface area contributed by atoms with Gasteiger partial charge in [-0.15, -0.1) is 10.2 Å². The Morgan fingerprint density at radius 2 is 1.94 bits per heavy atom. The first kappa shape index (κ1) is 21.2. The van der Waals surface area contributed by atoms with E-state index in [2.05, 4.69) is 46.9 Å². The van der Waals surface area contributed by atoms with E-state index >= 15 is 0 Å². The minimum absolute atomic E-state index is 0.00137. The molecule has 2 atom stereocenters. The molecule has 2 aliphatic heterocycles. The number of carbonyl (C=O) groups is 1. The molecule has 0 spiro atoms. The van der Waals surface area contributed by atoms with Crippen LogP contribution in [0.3, 0.4) is 0 Å². The van der Waals surface area contributed by atoms with Crippen LogP contribution in [0.15, 0.2) is 46.9 Å². The highest BCUT2D eigenvalue weighted by Gasteiger charge is 2.30. The molecular weight excluding hydrogens is 475 g/mol. The van der Waals surface area contributed by atoms with Crippen LogP contribution in [0.5, 0.6) is 0 Å². The van der Waals surface area contributed by atoms with Gasteiger partial charge in [-0.05, 0) is 55.2 Å². The first-order valence-electron chi connectivity index (χ1n) is 10.9. The molecule has 1 saturated heterocycles. The number of hydrazine groups is 1. The highest BCUT2D eigenvalue weighted by Crippen LogP contribution is 2.28. The van der Waals surface area contributed by atoms with Crippen molar-refractivity contribution in [2.24, 2.45) is 0 Å². The van der Waals surface area contributed by atoms with E-state index in [1.54, 1.807) is 12.1 Å². The van der Waals surface area contributed by atoms with Crippen molar-refractivity contribution in [3.63, 3.8) is 0 Å². The molecule has 2 unspecified atom stereocenters. The van der Waals surface area contributed by atoms with Crippen LogP contribution in [-0.2, 0) is 17.8 Å². The molecule has 3 N–H and O–H groups in total. The fraction of sp³-hybridized carbons (Fsp3) is 0.348. The molecule has 3 heterocycles. The maximum absolute atomic E-state index is 14.5. The standard InChI is InChI=1S/C23H24BrFN6O/c24-16-8-5-14(6-9-16)18-13-20(28-27-18)23(32)26-19-12-15(7-10-17(19)25)22-30-29-21-4-2-1-3-11-31(21)22/h5-10,12,18,20,27-28H,1-4,11,13H2,(H,26,32). The summed E-state index contributed by atoms with van der Waals surface area (Å²) in [6.07, 6.45) is 4.80. The minimum Gasteiger partial charge on any atom is -0.322 e. The van der Waals surface area contributed by atoms with Crippen LogP contribution in [0.1, 0.15) is 43.1 Å². The number of hydrogen-bond donors (Lipinski definition) is 3. The number of aromatic nitrogens is 3. The van der Waals surface area contributed by atoms with Crippen molar-refractivity contribution in [2.45, 2.75) is 50.7 Å². The van der Waals surface area contributed by atoms with Crippen molar-refractivity contribution < 1.29 is 9.18 Å². The summed E-state index contributed by atoms with van der Waals surface area (Å²) in [7, 11) is 0. The number of nitrogens with zero attached hydrogens (tertiary/aromatic N) is 3. The Morgan fingerprint density at radius 1 is 1.09 bits per heavy atom. The molecule has 3 aromatic rings. The number of amides is 1. The lowest BCUT2D eigenvalue weighted by Crippen LogP contribution is -2.39. The van der Waals surface area contributed by atoms with Gasteiger partial charge < -0.3 is 9.88 Å². The highest BCUT2D eigenvalue weighted by molar-refractivity contribution is 9.10. The largest absolute Gasteiger partial charge is 0.322 e. The average molecular weight is 499 g/mol. The molecule has 1 aromatic heterocycles. The molecule has 32 heavy (non-hydrogen) atoms. The molecule has 0 bridgehead atoms. The Labute approximate surface area is 193 Å². The number of benzene rings is 2. The Bertz CT molecular complexity index is 1130. The number of aryl methyl sites for hydroxylation is 1. The van der Waals surface area contributed by atoms with Crippen molar-refractivity contribution >= 4 is 27.5 Å². The van der Waals surface area contributed by atoms with E-state index < -0.39 is 11.9 Å². The lowest BCUT2D eigenvalue weighted by atomic mass is 10.0. The van der Waals surface area contributed by atoms with Gasteiger partial charge in [0.25, 0.3) is 0 Å². The molecule has 9 heteroatoms. The van der Waals surface area contributed by atoms with Crippen molar-refractivity contribution in [1.29, 1.82) is 0 Å². The van der Waals surface area contributed by atoms with Crippen LogP contribution in [0.4, 0.5) is 10.1 Å². The average Bonchev–Trinajstić information content (AvgIpc) is 3.38. The molecule has 1 fully saturated rings. The van der Waals surface area contributed by atoms with E-state index in [1.807, 2.05) is 24.3 Å². The molecule has 0 radical (unpaired) electrons. The molecular formula is C23H24BrFN6O. The van der Waals surface area contributed by atoms with E-state index in [-0.39, 0.29) is 17.6 Å². The normalized spacial score (nSPS) is 20.6. The Hall–Kier alpha value is -2.62. The minimum atomic E-state index is -0.479. The number of halogens is 2. The monoisotopic (exact) mass is 498 g/mol. The van der Waals surface area contributed by atoms with Gasteiger partial charge in [-0.3, -0.25) is 4.79 Å². The smallest absolute Gasteiger partial charge is 0.243 e. The highest BCUT2D eigenvalue weighted by atomic mass is 79.9. The van der Waals surface area contributed by atoms with Crippen LogP contribution >= 0.6 is 15.9 Å². The van der Waals surface area contributed by atoms with Gasteiger partial charge in [-0.25, -0.2) is 15.2 Å². The summed E-state index contributed by atoms with van der Waals surface area (Å²) in [4.78, 5) is 12.9. The fourth-order valence-electron chi connectivity index (χ4n) is 4.32. The Balaban J connectivity index is 1.31. The van der Waals surface area contributed by atoms with E-state index in [4.69, 9.17) is 0 Å². The van der Waals surface area contributed by atoms with Gasteiger partial charge in [0.1, 0.15) is 17.7 Å². The molecule has 0 aliphatic carbocycles. The van der Waals surface area contributed by atoms with Crippen LogP contribution in [0.2, 0.25) is 0 Å². The van der Waals surface area contributed by atoms with Crippen molar-refractivity contribution in [2.75, 3.05) is 5.32 Å². The number of rotatable bonds is 4. The van der Waals surface area contributed by atoms with Gasteiger partial charge in [0.05, 0.1) is 5.69 Å². The Morgan fingerprint density at radius 3 is 2.78 bits per heavy atom. The van der Waals surface area contributed by atoms with Crippen molar-refractivity contribution in [1.82, 2.24) is 25.6 Å². The summed E-state index contributed by atoms with van der Waals surface area (Å²) in [5, 5.41) is 11.4. The predicted molar refractivity (Wildman–Crippen MR) is 123 cm³/mol. The molecule has 2 aromatic carbocycles. The summed E-state index contributed by atoms with van der Waals surface area (Å²) in [5.41, 5.74) is 8.15. The topological polar surface area (TPSA) is 83.9 Å². The van der Waals surface area contributed by atoms with Gasteiger partial charge in [-0.1, -0.05) is 34.5 Å². The van der Waals surface area contributed by atoms with Crippen LogP contribution in [0, 0.1) is 5.82 Å². The number of fused-ring (bicyclic) bond motifs is 1. The second-order valence-electron chi connectivity index (χ2n) is 8.27. The van der Waals surface area contributed by atoms with Crippen LogP contribution in [0.25, 0.3) is 11.4 Å². The summed E-state index contributed by atoms with van der Waals surface area (Å²) in [6, 6.07) is 12.2. The van der Waals surface area contributed by atoms with E-state index in [1.165, 1.54) is 6.07 Å². The number of carbonyl (C=O) groups excluding carboxylic acids is 1. The molecule has 1 amide bonds. The van der Waals surface area contributed by atoms with Crippen molar-refractivity contribution in [3.05, 3.63) is 64.1 Å². The second kappa shape index (κ2) is 9.09. The van der Waals surface area contributed by atoms with Gasteiger partial charge >= 0.3 is 0 Å². The third-order valence-corrected chi connectivity index (χ3v) is 6.61. The predicted octanol–water partition coefficient (Wildman–Crippen LogP) is 4.12. The number of anilines is 1. The number of nitrogens with one attached hydrogen (secondary N) is 3. The number of hydrogen-bond acceptors (Lipinski definition) is 5. The second-order valence-corrected chi connectivity index (χ2v) is 9.18. The third kappa shape index (κ3) is 4.32. The van der Waals surface area contributed by atoms with Gasteiger partial charge in [-0.2, -0.15) is 0 Å². The molecule has 5 rings (SSSR count). The SMILES string of the molecule is O=C(Nc1cc(-c2nnc3n2CCCCC3)ccc1F)C1CC(c2ccc(Br)cc2)NN1. The van der Waals surface area contributed by atoms with Crippen molar-refractivity contribution in [3.8, 4) is 11.4 Å². The van der Waals surface area contributed by atoms with Gasteiger partial charge in [0, 0.05) is 29.0 Å². The van der Waals surface area contributed by atoms with E-state index in [0.717, 1.165) is 53.7 Å². The van der Waals surface area contributed by atoms with Crippen LogP contribution < -0.4 is 16.2 Å². The lowest BCUT2D eigenvalue weighted by Gasteiger charge is -2.13. The maximum atomic E-state index is 14.5. The van der Waals surface area contributed by atoms with Crippen LogP contribution in [-0.4, -0.2) is 26.7 Å². The summed E-state index contributed by atoms with van der Waals surface area (Å²) in [5.74, 6) is 0.919. The van der Waals surface area contributed by atoms with E-state index in [9.17, 15) is 9.18 Å². The zero-order chi connectivity index (χ0) is 22.1. The molecule has 0 saturated carbocycles. The quantitative estimate of drug-likeness (QED) is 0.503. The molecule has 2 aliphatic rings. The third-order valence-electron chi connectivity index (χ3n) is 6.08. The molecule has 166 valence electrons. The lowest BCUT2D eigenvalue weighted by molar-refractivity contribution is -0.117. The zero-order valence-electron chi connectivity index (χ0n) is 17.4. The van der Waals surface area contributed by atoms with E-state index in [0.29, 0.717) is 12.2 Å². The zero-order valence-corrected chi connectivity index (χ0v) is 19.0. The van der Waals surface area contributed by atoms with Gasteiger partial charge in [0.15, 0.2) is 5.82 Å². The molecule has 7 nitrogen and oxygen atoms in total. The summed E-state index contributed by atoms with van der Waals surface area (Å²) in [6.45, 7) is 0.853. The maximum Gasteiger partial charge on any atom is 0.243 e. The summed E-state index contributed by atoms with van der Waals surface area (Å²) >= 11 is 3.43. The first-order valence-corrected chi connectivity index (χ1v) is 11.7. The fourth-order valence-corrected chi connectivity index (χ4v) is 4.58. The summed E-state index contributed by atoms with van der Waals surface area (Å²) < 4.78 is 17.7.